The van der Waals surface area contributed by atoms with E-state index in [1.807, 2.05) is 55.4 Å². The number of hydrogen-bond donors (Lipinski definition) is 1. The molecule has 1 aliphatic heterocycles. The van der Waals surface area contributed by atoms with E-state index < -0.39 is 16.0 Å². The van der Waals surface area contributed by atoms with Crippen molar-refractivity contribution in [3.63, 3.8) is 0 Å². The summed E-state index contributed by atoms with van der Waals surface area (Å²) in [5.74, 6) is -0.929. The van der Waals surface area contributed by atoms with Crippen LogP contribution < -0.4 is 0 Å². The first-order chi connectivity index (χ1) is 13.9. The molecule has 1 heterocycles. The lowest BCUT2D eigenvalue weighted by molar-refractivity contribution is -0.136. The van der Waals surface area contributed by atoms with Crippen LogP contribution in [-0.2, 0) is 21.2 Å². The van der Waals surface area contributed by atoms with E-state index in [1.54, 1.807) is 12.1 Å². The third kappa shape index (κ3) is 12.0. The highest BCUT2D eigenvalue weighted by atomic mass is 32.2. The van der Waals surface area contributed by atoms with E-state index in [2.05, 4.69) is 11.8 Å². The van der Waals surface area contributed by atoms with Gasteiger partial charge in [0.15, 0.2) is 0 Å². The number of sulfonamides is 1. The van der Waals surface area contributed by atoms with Crippen LogP contribution in [0.3, 0.4) is 0 Å². The number of aliphatic carboxylic acids is 1. The summed E-state index contributed by atoms with van der Waals surface area (Å²) in [6.07, 6.45) is -0.102. The van der Waals surface area contributed by atoms with Crippen molar-refractivity contribution in [1.29, 1.82) is 0 Å². The normalized spacial score (nSPS) is 13.7. The average Bonchev–Trinajstić information content (AvgIpc) is 2.79. The van der Waals surface area contributed by atoms with Crippen LogP contribution in [0.4, 0.5) is 0 Å². The van der Waals surface area contributed by atoms with Gasteiger partial charge in [0.25, 0.3) is 0 Å². The molecular formula is C22H44N2O4S. The van der Waals surface area contributed by atoms with Crippen LogP contribution in [0, 0.1) is 0 Å². The van der Waals surface area contributed by atoms with Gasteiger partial charge in [-0.15, -0.1) is 0 Å². The number of piperazine rings is 1. The predicted octanol–water partition coefficient (Wildman–Crippen LogP) is 4.74. The monoisotopic (exact) mass is 432 g/mol. The minimum Gasteiger partial charge on any atom is -0.481 e. The van der Waals surface area contributed by atoms with E-state index in [4.69, 9.17) is 5.11 Å². The largest absolute Gasteiger partial charge is 0.481 e. The van der Waals surface area contributed by atoms with E-state index in [0.29, 0.717) is 18.7 Å². The molecule has 7 heteroatoms. The van der Waals surface area contributed by atoms with Gasteiger partial charge in [0, 0.05) is 26.2 Å². The van der Waals surface area contributed by atoms with Crippen molar-refractivity contribution < 1.29 is 18.3 Å². The van der Waals surface area contributed by atoms with Gasteiger partial charge >= 0.3 is 5.97 Å². The van der Waals surface area contributed by atoms with Gasteiger partial charge in [-0.05, 0) is 24.2 Å². The van der Waals surface area contributed by atoms with Crippen LogP contribution in [0.25, 0.3) is 0 Å². The molecule has 0 saturated carbocycles. The second-order valence-electron chi connectivity index (χ2n) is 5.05. The van der Waals surface area contributed by atoms with Crippen LogP contribution in [-0.4, -0.2) is 61.4 Å². The van der Waals surface area contributed by atoms with Gasteiger partial charge in [0.2, 0.25) is 10.0 Å². The molecule has 1 fully saturated rings. The summed E-state index contributed by atoms with van der Waals surface area (Å²) in [4.78, 5) is 13.1. The van der Waals surface area contributed by atoms with Crippen molar-refractivity contribution >= 4 is 16.0 Å². The van der Waals surface area contributed by atoms with Crippen molar-refractivity contribution in [2.24, 2.45) is 0 Å². The molecule has 0 atom stereocenters. The van der Waals surface area contributed by atoms with E-state index in [-0.39, 0.29) is 11.3 Å². The summed E-state index contributed by atoms with van der Waals surface area (Å²) >= 11 is 0. The minimum atomic E-state index is -3.48. The smallest absolute Gasteiger partial charge is 0.307 e. The Kier molecular flexibility index (Phi) is 22.1. The Morgan fingerprint density at radius 3 is 1.62 bits per heavy atom. The average molecular weight is 433 g/mol. The first-order valence-corrected chi connectivity index (χ1v) is 12.4. The zero-order valence-electron chi connectivity index (χ0n) is 20.0. The Morgan fingerprint density at radius 2 is 1.28 bits per heavy atom. The van der Waals surface area contributed by atoms with Gasteiger partial charge in [-0.3, -0.25) is 4.79 Å². The molecule has 0 amide bonds. The lowest BCUT2D eigenvalue weighted by Gasteiger charge is -2.33. The van der Waals surface area contributed by atoms with Crippen LogP contribution in [0.5, 0.6) is 0 Å². The van der Waals surface area contributed by atoms with E-state index >= 15 is 0 Å². The number of nitrogens with zero attached hydrogens (tertiary/aromatic N) is 2. The number of likely N-dealkylation sites (N-methyl/N-ethyl adjacent to an activating group) is 1. The van der Waals surface area contributed by atoms with Crippen molar-refractivity contribution in [1.82, 2.24) is 9.21 Å². The third-order valence-corrected chi connectivity index (χ3v) is 5.61. The van der Waals surface area contributed by atoms with Crippen molar-refractivity contribution in [2.75, 3.05) is 32.7 Å². The standard InChI is InChI=1S/C14H20N2O4S.4C2H6/c1-2-15-7-9-16(10-8-15)21(19,20)13-5-3-12(4-6-13)11-14(17)18;4*1-2/h3-6H,2,7-11H2,1H3,(H,17,18);4*1-2H3. The molecule has 2 rings (SSSR count). The summed E-state index contributed by atoms with van der Waals surface area (Å²) in [6.45, 7) is 21.5. The van der Waals surface area contributed by atoms with Gasteiger partial charge in [-0.2, -0.15) is 4.31 Å². The Morgan fingerprint density at radius 1 is 0.862 bits per heavy atom. The number of carboxylic acid groups (broad SMARTS) is 1. The quantitative estimate of drug-likeness (QED) is 0.727. The van der Waals surface area contributed by atoms with Crippen LogP contribution in [0.1, 0.15) is 67.9 Å². The lowest BCUT2D eigenvalue weighted by atomic mass is 10.2. The highest BCUT2D eigenvalue weighted by Crippen LogP contribution is 2.18. The fraction of sp³-hybridized carbons (Fsp3) is 0.682. The van der Waals surface area contributed by atoms with E-state index in [0.717, 1.165) is 19.6 Å². The molecule has 0 bridgehead atoms. The molecule has 1 aromatic carbocycles. The summed E-state index contributed by atoms with van der Waals surface area (Å²) < 4.78 is 26.5. The molecule has 0 radical (unpaired) electrons. The first-order valence-electron chi connectivity index (χ1n) is 11.0. The van der Waals surface area contributed by atoms with Crippen molar-refractivity contribution in [3.8, 4) is 0 Å². The number of hydrogen-bond acceptors (Lipinski definition) is 4. The highest BCUT2D eigenvalue weighted by molar-refractivity contribution is 7.89. The van der Waals surface area contributed by atoms with Crippen LogP contribution in [0.2, 0.25) is 0 Å². The zero-order chi connectivity index (χ0) is 23.5. The van der Waals surface area contributed by atoms with Crippen LogP contribution in [0.15, 0.2) is 29.2 Å². The molecule has 0 aromatic heterocycles. The molecule has 1 saturated heterocycles. The highest BCUT2D eigenvalue weighted by Gasteiger charge is 2.27. The lowest BCUT2D eigenvalue weighted by Crippen LogP contribution is -2.48. The molecule has 29 heavy (non-hydrogen) atoms. The molecular weight excluding hydrogens is 388 g/mol. The molecule has 1 aromatic rings. The summed E-state index contributed by atoms with van der Waals surface area (Å²) in [5, 5.41) is 8.72. The zero-order valence-corrected chi connectivity index (χ0v) is 20.8. The summed E-state index contributed by atoms with van der Waals surface area (Å²) in [6, 6.07) is 6.09. The van der Waals surface area contributed by atoms with E-state index in [1.165, 1.54) is 16.4 Å². The Labute approximate surface area is 180 Å². The maximum Gasteiger partial charge on any atom is 0.307 e. The van der Waals surface area contributed by atoms with Gasteiger partial charge in [-0.25, -0.2) is 8.42 Å². The van der Waals surface area contributed by atoms with Gasteiger partial charge < -0.3 is 10.0 Å². The summed E-state index contributed by atoms with van der Waals surface area (Å²) in [5.41, 5.74) is 0.595. The molecule has 0 aliphatic carbocycles. The number of carbonyl (C=O) groups is 1. The Balaban J connectivity index is -0.000000754. The maximum atomic E-state index is 12.5. The number of carboxylic acids is 1. The first kappa shape index (κ1) is 32.2. The van der Waals surface area contributed by atoms with Crippen molar-refractivity contribution in [3.05, 3.63) is 29.8 Å². The maximum absolute atomic E-state index is 12.5. The molecule has 1 aliphatic rings. The third-order valence-electron chi connectivity index (χ3n) is 3.69. The Hall–Kier alpha value is -1.44. The molecule has 172 valence electrons. The topological polar surface area (TPSA) is 77.9 Å². The van der Waals surface area contributed by atoms with Gasteiger partial charge in [0.1, 0.15) is 0 Å². The fourth-order valence-electron chi connectivity index (χ4n) is 2.39. The number of benzene rings is 1. The molecule has 6 nitrogen and oxygen atoms in total. The van der Waals surface area contributed by atoms with E-state index in [9.17, 15) is 13.2 Å². The van der Waals surface area contributed by atoms with Gasteiger partial charge in [0.05, 0.1) is 11.3 Å². The number of rotatable bonds is 5. The predicted molar refractivity (Wildman–Crippen MR) is 124 cm³/mol. The minimum absolute atomic E-state index is 0.102. The van der Waals surface area contributed by atoms with Crippen LogP contribution >= 0.6 is 0 Å². The van der Waals surface area contributed by atoms with Gasteiger partial charge in [-0.1, -0.05) is 74.4 Å². The Bertz CT molecular complexity index is 594. The fourth-order valence-corrected chi connectivity index (χ4v) is 3.81. The van der Waals surface area contributed by atoms with Crippen molar-refractivity contribution in [2.45, 2.75) is 73.6 Å². The SMILES string of the molecule is CC.CC.CC.CC.CCN1CCN(S(=O)(=O)c2ccc(CC(=O)O)cc2)CC1. The second kappa shape index (κ2) is 19.9. The molecule has 1 N–H and O–H groups in total. The molecule has 0 unspecified atom stereocenters. The summed E-state index contributed by atoms with van der Waals surface area (Å²) in [7, 11) is -3.48. The second-order valence-corrected chi connectivity index (χ2v) is 6.99. The molecule has 0 spiro atoms.